The molecule has 0 aromatic heterocycles. The summed E-state index contributed by atoms with van der Waals surface area (Å²) in [6, 6.07) is 9.36. The number of aromatic carboxylic acids is 2. The molecular weight excluding hydrogens is 1220 g/mol. The molecule has 9 N–H and O–H groups in total. The minimum absolute atomic E-state index is 0. The number of carbonyl (C=O) groups excluding carboxylic acids is 8. The van der Waals surface area contributed by atoms with Crippen LogP contribution < -0.4 is 65.0 Å². The average molecular weight is 1290 g/mol. The number of aldehydes is 1. The van der Waals surface area contributed by atoms with Gasteiger partial charge in [-0.05, 0) is 96.1 Å². The Morgan fingerprint density at radius 1 is 0.533 bits per heavy atom. The van der Waals surface area contributed by atoms with Crippen molar-refractivity contribution >= 4 is 72.0 Å². The van der Waals surface area contributed by atoms with Crippen LogP contribution in [-0.4, -0.2) is 217 Å². The van der Waals surface area contributed by atoms with Crippen molar-refractivity contribution in [2.75, 3.05) is 55.0 Å². The minimum atomic E-state index is -4.64. The number of ether oxygens (including phenoxy) is 7. The summed E-state index contributed by atoms with van der Waals surface area (Å²) in [6.07, 6.45) is -8.44. The molecule has 3 aromatic rings. The van der Waals surface area contributed by atoms with Gasteiger partial charge in [-0.25, -0.2) is 33.6 Å². The van der Waals surface area contributed by atoms with Crippen molar-refractivity contribution in [2.45, 2.75) is 115 Å². The van der Waals surface area contributed by atoms with Crippen molar-refractivity contribution in [1.82, 2.24) is 31.1 Å². The standard InChI is InChI=1S/C21H28N2O8.C19H24N2O8.C14H16N2O6.C2HF3O.Na.H2O/c1-21(2,3)31-20(27)23-11-15(10-16(23)19(26)29-6)30-14-8-12(17(24)22-4)7-13(9-14)18(25)28-5;1-19(2,3)29-18(27)21-9-13(8-14(21)17(25)26)28-12-6-10(15(22)20-4)5-11(7-12)16(23)24;1-15-12(17)7-2-8(13(18)19)4-9(3-7)22-10-5-11(14(20)21)16-6-10;3-2(4,5)1-6;;/h7-9,15-16H,10-11H2,1-6H3,(H,22,24);5-7,13-14H,8-9H2,1-4H3,(H,20,22)(H,23,24)(H,25,26);2-4,10-11,16H,5-6H2,1H3,(H,15,17)(H,18,19)(H,20,21);1H;;1H2/q;;;;+1;/p-1/t15-,16-;13-,14-;10-,11-;;;/m000.../s1. The molecule has 490 valence electrons. The maximum Gasteiger partial charge on any atom is 1.00 e. The van der Waals surface area contributed by atoms with Crippen molar-refractivity contribution in [1.29, 1.82) is 0 Å². The minimum Gasteiger partial charge on any atom is -0.870 e. The molecule has 0 saturated carbocycles. The third kappa shape index (κ3) is 25.0. The Labute approximate surface area is 534 Å². The number of aliphatic carboxylic acids is 2. The number of halogens is 3. The third-order valence-corrected chi connectivity index (χ3v) is 12.1. The van der Waals surface area contributed by atoms with Gasteiger partial charge in [0.25, 0.3) is 17.7 Å². The topological polar surface area (TPSA) is 435 Å². The predicted molar refractivity (Wildman–Crippen MR) is 298 cm³/mol. The van der Waals surface area contributed by atoms with Gasteiger partial charge in [0.15, 0.2) is 0 Å². The van der Waals surface area contributed by atoms with Crippen LogP contribution in [0, 0.1) is 0 Å². The van der Waals surface area contributed by atoms with E-state index >= 15 is 0 Å². The van der Waals surface area contributed by atoms with Crippen molar-refractivity contribution in [2.24, 2.45) is 0 Å². The molecule has 6 rings (SSSR count). The van der Waals surface area contributed by atoms with E-state index in [1.54, 1.807) is 41.5 Å². The largest absolute Gasteiger partial charge is 1.00 e. The molecule has 6 atom stereocenters. The second-order valence-electron chi connectivity index (χ2n) is 21.1. The van der Waals surface area contributed by atoms with Crippen molar-refractivity contribution < 1.29 is 159 Å². The van der Waals surface area contributed by atoms with Crippen molar-refractivity contribution in [3.8, 4) is 17.2 Å². The molecule has 0 aliphatic carbocycles. The molecule has 3 heterocycles. The van der Waals surface area contributed by atoms with Gasteiger partial charge in [-0.2, -0.15) is 13.2 Å². The van der Waals surface area contributed by atoms with E-state index in [0.29, 0.717) is 6.54 Å². The summed E-state index contributed by atoms with van der Waals surface area (Å²) in [5, 5.41) is 46.8. The Hall–Kier alpha value is -8.79. The zero-order valence-corrected chi connectivity index (χ0v) is 53.0. The van der Waals surface area contributed by atoms with Crippen molar-refractivity contribution in [3.05, 3.63) is 88.0 Å². The number of nitrogens with one attached hydrogen (secondary N) is 4. The van der Waals surface area contributed by atoms with Crippen molar-refractivity contribution in [3.63, 3.8) is 0 Å². The first-order valence-corrected chi connectivity index (χ1v) is 26.3. The summed E-state index contributed by atoms with van der Waals surface area (Å²) in [5.41, 5.74) is -1.19. The zero-order valence-electron chi connectivity index (χ0n) is 51.0. The summed E-state index contributed by atoms with van der Waals surface area (Å²) < 4.78 is 68.7. The Bertz CT molecular complexity index is 3060. The maximum absolute atomic E-state index is 12.6. The van der Waals surface area contributed by atoms with Crippen LogP contribution >= 0.6 is 0 Å². The molecule has 0 bridgehead atoms. The van der Waals surface area contributed by atoms with Crippen LogP contribution in [0.5, 0.6) is 17.2 Å². The van der Waals surface area contributed by atoms with E-state index in [-0.39, 0.29) is 118 Å². The van der Waals surface area contributed by atoms with E-state index < -0.39 is 126 Å². The van der Waals surface area contributed by atoms with Crippen LogP contribution in [0.15, 0.2) is 54.6 Å². The maximum atomic E-state index is 12.6. The number of alkyl halides is 3. The van der Waals surface area contributed by atoms with Gasteiger partial charge >= 0.3 is 83.7 Å². The van der Waals surface area contributed by atoms with Gasteiger partial charge in [-0.1, -0.05) is 0 Å². The predicted octanol–water partition coefficient (Wildman–Crippen LogP) is 0.862. The SMILES string of the molecule is CNC(=O)c1cc(O[C@@H]2CN[C@H](C(=O)O)C2)cc(C(=O)O)c1.CNC(=O)c1cc(O[C@H]2C[C@@H](C(=O)O)N(C(=O)OC(C)(C)C)C2)cc(C(=O)O)c1.CNC(=O)c1cc(O[C@H]2C[C@@H](C(=O)OC)N(C(=O)OC(C)(C)C)C2)cc(C(=O)OC)c1.O=CC(F)(F)F.[Na+].[OH-]. The number of benzene rings is 3. The van der Waals surface area contributed by atoms with Crippen LogP contribution in [0.1, 0.15) is 123 Å². The summed E-state index contributed by atoms with van der Waals surface area (Å²) in [5.74, 6) is -6.62. The summed E-state index contributed by atoms with van der Waals surface area (Å²) >= 11 is 0. The Morgan fingerprint density at radius 3 is 1.19 bits per heavy atom. The second kappa shape index (κ2) is 34.8. The average Bonchev–Trinajstić information content (AvgIpc) is 4.46. The van der Waals surface area contributed by atoms with Gasteiger partial charge in [0.2, 0.25) is 6.29 Å². The van der Waals surface area contributed by atoms with Crippen LogP contribution in [0.2, 0.25) is 0 Å². The van der Waals surface area contributed by atoms with E-state index in [0.717, 1.165) is 4.90 Å². The first kappa shape index (κ1) is 79.2. The summed E-state index contributed by atoms with van der Waals surface area (Å²) in [6.45, 7) is 10.5. The molecule has 3 saturated heterocycles. The summed E-state index contributed by atoms with van der Waals surface area (Å²) in [7, 11) is 6.77. The fourth-order valence-electron chi connectivity index (χ4n) is 8.27. The smallest absolute Gasteiger partial charge is 0.870 e. The fraction of sp³-hybridized carbons (Fsp3) is 0.464. The number of likely N-dealkylation sites (tertiary alicyclic amines) is 2. The quantitative estimate of drug-likeness (QED) is 0.0453. The number of carbonyl (C=O) groups is 12. The first-order chi connectivity index (χ1) is 40.9. The van der Waals surface area contributed by atoms with Gasteiger partial charge in [-0.15, -0.1) is 0 Å². The van der Waals surface area contributed by atoms with Crippen LogP contribution in [0.3, 0.4) is 0 Å². The van der Waals surface area contributed by atoms with E-state index in [1.807, 2.05) is 0 Å². The molecule has 3 aliphatic rings. The van der Waals surface area contributed by atoms with Crippen LogP contribution in [-0.2, 0) is 38.1 Å². The number of rotatable bonds is 15. The molecule has 30 nitrogen and oxygen atoms in total. The van der Waals surface area contributed by atoms with Gasteiger partial charge in [0, 0.05) is 63.6 Å². The molecule has 3 aliphatic heterocycles. The fourth-order valence-corrected chi connectivity index (χ4v) is 8.27. The molecule has 3 aromatic carbocycles. The van der Waals surface area contributed by atoms with Crippen LogP contribution in [0.4, 0.5) is 22.8 Å². The zero-order chi connectivity index (χ0) is 66.8. The van der Waals surface area contributed by atoms with Gasteiger partial charge in [0.05, 0.1) is 44.0 Å². The Morgan fingerprint density at radius 2 is 0.878 bits per heavy atom. The van der Waals surface area contributed by atoms with E-state index in [4.69, 9.17) is 48.2 Å². The summed E-state index contributed by atoms with van der Waals surface area (Å²) in [4.78, 5) is 141. The normalized spacial score (nSPS) is 18.1. The number of esters is 2. The molecule has 90 heavy (non-hydrogen) atoms. The van der Waals surface area contributed by atoms with Gasteiger partial charge in [-0.3, -0.25) is 33.8 Å². The molecule has 34 heteroatoms. The number of methoxy groups -OCH3 is 2. The molecule has 5 amide bonds. The Balaban J connectivity index is 0.000000644. The number of hydrogen-bond donors (Lipinski definition) is 8. The molecule has 0 radical (unpaired) electrons. The molecule has 3 fully saturated rings. The molecule has 0 spiro atoms. The molecular formula is C56H70F3N6NaO24. The van der Waals surface area contributed by atoms with Gasteiger partial charge < -0.3 is 80.3 Å². The van der Waals surface area contributed by atoms with Gasteiger partial charge in [0.1, 0.15) is 64.9 Å². The first-order valence-electron chi connectivity index (χ1n) is 26.3. The van der Waals surface area contributed by atoms with E-state index in [9.17, 15) is 76.1 Å². The second-order valence-corrected chi connectivity index (χ2v) is 21.1. The number of nitrogens with zero attached hydrogens (tertiary/aromatic N) is 2. The number of carboxylic acid groups (broad SMARTS) is 4. The Kier molecular flexibility index (Phi) is 30.7. The molecule has 0 unspecified atom stereocenters. The number of carboxylic acids is 4. The van der Waals surface area contributed by atoms with E-state index in [2.05, 4.69) is 21.3 Å². The monoisotopic (exact) mass is 1290 g/mol. The number of amides is 5. The van der Waals surface area contributed by atoms with Crippen LogP contribution in [0.25, 0.3) is 0 Å². The third-order valence-electron chi connectivity index (χ3n) is 12.1. The number of hydrogen-bond acceptors (Lipinski definition) is 21. The van der Waals surface area contributed by atoms with E-state index in [1.165, 1.54) is 94.9 Å².